The van der Waals surface area contributed by atoms with Crippen molar-refractivity contribution >= 4 is 24.0 Å². The van der Waals surface area contributed by atoms with Gasteiger partial charge in [0.2, 0.25) is 5.95 Å². The summed E-state index contributed by atoms with van der Waals surface area (Å²) >= 11 is 0. The molecular weight excluding hydrogens is 331 g/mol. The second kappa shape index (κ2) is 7.94. The van der Waals surface area contributed by atoms with E-state index in [1.807, 2.05) is 23.6 Å². The fourth-order valence-corrected chi connectivity index (χ4v) is 3.32. The first-order valence-electron chi connectivity index (χ1n) is 8.01. The van der Waals surface area contributed by atoms with Crippen molar-refractivity contribution in [1.29, 1.82) is 0 Å². The molecule has 1 aliphatic carbocycles. The largest absolute Gasteiger partial charge is 0.381 e. The van der Waals surface area contributed by atoms with E-state index in [0.29, 0.717) is 12.0 Å². The number of ether oxygens (including phenoxy) is 1. The molecule has 7 heteroatoms. The van der Waals surface area contributed by atoms with Crippen LogP contribution in [0, 0.1) is 5.82 Å². The molecule has 1 aromatic carbocycles. The van der Waals surface area contributed by atoms with Crippen LogP contribution in [0.2, 0.25) is 0 Å². The van der Waals surface area contributed by atoms with Crippen molar-refractivity contribution in [3.63, 3.8) is 0 Å². The third kappa shape index (κ3) is 3.70. The predicted molar refractivity (Wildman–Crippen MR) is 94.7 cm³/mol. The molecule has 0 bridgehead atoms. The van der Waals surface area contributed by atoms with Crippen LogP contribution >= 0.6 is 12.4 Å². The van der Waals surface area contributed by atoms with Gasteiger partial charge >= 0.3 is 0 Å². The zero-order chi connectivity index (χ0) is 16.4. The van der Waals surface area contributed by atoms with Crippen LogP contribution < -0.4 is 4.90 Å². The van der Waals surface area contributed by atoms with Crippen LogP contribution in [-0.2, 0) is 11.8 Å². The van der Waals surface area contributed by atoms with Crippen molar-refractivity contribution < 1.29 is 9.13 Å². The van der Waals surface area contributed by atoms with Gasteiger partial charge in [-0.3, -0.25) is 4.57 Å². The van der Waals surface area contributed by atoms with Crippen molar-refractivity contribution in [2.75, 3.05) is 19.1 Å². The summed E-state index contributed by atoms with van der Waals surface area (Å²) in [5, 5.41) is 8.75. The monoisotopic (exact) mass is 354 g/mol. The Bertz CT molecular complexity index is 653. The van der Waals surface area contributed by atoms with Crippen LogP contribution in [0.4, 0.5) is 16.0 Å². The lowest BCUT2D eigenvalue weighted by Crippen LogP contribution is -2.21. The molecule has 2 aromatic rings. The van der Waals surface area contributed by atoms with E-state index < -0.39 is 0 Å². The summed E-state index contributed by atoms with van der Waals surface area (Å²) in [5.41, 5.74) is 0.886. The van der Waals surface area contributed by atoms with Crippen LogP contribution in [-0.4, -0.2) is 35.0 Å². The van der Waals surface area contributed by atoms with Gasteiger partial charge in [0.05, 0.1) is 6.10 Å². The molecule has 0 saturated heterocycles. The van der Waals surface area contributed by atoms with Crippen LogP contribution in [0.1, 0.15) is 37.4 Å². The van der Waals surface area contributed by atoms with Crippen LogP contribution in [0.25, 0.3) is 0 Å². The minimum absolute atomic E-state index is 0. The Labute approximate surface area is 148 Å². The van der Waals surface area contributed by atoms with Crippen LogP contribution in [0.5, 0.6) is 0 Å². The van der Waals surface area contributed by atoms with E-state index in [1.54, 1.807) is 19.2 Å². The highest BCUT2D eigenvalue weighted by atomic mass is 35.5. The summed E-state index contributed by atoms with van der Waals surface area (Å²) < 4.78 is 20.6. The van der Waals surface area contributed by atoms with Crippen LogP contribution in [0.3, 0.4) is 0 Å². The number of aromatic nitrogens is 3. The molecule has 0 radical (unpaired) electrons. The summed E-state index contributed by atoms with van der Waals surface area (Å²) in [6.45, 7) is 0. The molecule has 1 aliphatic rings. The third-order valence-electron chi connectivity index (χ3n) is 4.77. The number of hydrogen-bond donors (Lipinski definition) is 0. The zero-order valence-electron chi connectivity index (χ0n) is 14.3. The first kappa shape index (κ1) is 18.7. The van der Waals surface area contributed by atoms with E-state index in [4.69, 9.17) is 4.74 Å². The second-order valence-electron chi connectivity index (χ2n) is 6.16. The van der Waals surface area contributed by atoms with Crippen molar-refractivity contribution in [1.82, 2.24) is 14.8 Å². The molecule has 1 heterocycles. The number of methoxy groups -OCH3 is 1. The highest BCUT2D eigenvalue weighted by molar-refractivity contribution is 5.85. The Morgan fingerprint density at radius 3 is 2.33 bits per heavy atom. The SMILES string of the molecule is COC1CCC(c2nnc(N(C)c3ccc(F)cc3)n2C)CC1.Cl. The molecule has 0 atom stereocenters. The van der Waals surface area contributed by atoms with Crippen molar-refractivity contribution in [2.24, 2.45) is 7.05 Å². The molecule has 1 saturated carbocycles. The smallest absolute Gasteiger partial charge is 0.231 e. The van der Waals surface area contributed by atoms with E-state index in [-0.39, 0.29) is 18.2 Å². The fraction of sp³-hybridized carbons (Fsp3) is 0.529. The van der Waals surface area contributed by atoms with Gasteiger partial charge in [0, 0.05) is 32.8 Å². The molecule has 5 nitrogen and oxygen atoms in total. The number of benzene rings is 1. The van der Waals surface area contributed by atoms with Crippen LogP contribution in [0.15, 0.2) is 24.3 Å². The fourth-order valence-electron chi connectivity index (χ4n) is 3.32. The van der Waals surface area contributed by atoms with Gasteiger partial charge in [-0.1, -0.05) is 0 Å². The summed E-state index contributed by atoms with van der Waals surface area (Å²) in [4.78, 5) is 1.93. The Balaban J connectivity index is 0.00000208. The van der Waals surface area contributed by atoms with Gasteiger partial charge in [0.15, 0.2) is 0 Å². The second-order valence-corrected chi connectivity index (χ2v) is 6.16. The lowest BCUT2D eigenvalue weighted by atomic mass is 9.87. The number of hydrogen-bond acceptors (Lipinski definition) is 4. The molecule has 1 aromatic heterocycles. The van der Waals surface area contributed by atoms with E-state index in [1.165, 1.54) is 12.1 Å². The molecule has 0 N–H and O–H groups in total. The average Bonchev–Trinajstić information content (AvgIpc) is 2.96. The molecule has 3 rings (SSSR count). The first-order chi connectivity index (χ1) is 11.1. The standard InChI is InChI=1S/C17H23FN4O.ClH/c1-21(14-8-6-13(18)7-9-14)17-20-19-16(22(17)2)12-4-10-15(23-3)11-5-12;/h6-9,12,15H,4-5,10-11H2,1-3H3;1H. The van der Waals surface area contributed by atoms with Crippen molar-refractivity contribution in [2.45, 2.75) is 37.7 Å². The number of nitrogens with zero attached hydrogens (tertiary/aromatic N) is 4. The Morgan fingerprint density at radius 2 is 1.75 bits per heavy atom. The number of halogens is 2. The van der Waals surface area contributed by atoms with E-state index in [0.717, 1.165) is 43.1 Å². The summed E-state index contributed by atoms with van der Waals surface area (Å²) in [6.07, 6.45) is 4.66. The third-order valence-corrected chi connectivity index (χ3v) is 4.77. The number of anilines is 2. The minimum Gasteiger partial charge on any atom is -0.381 e. The average molecular weight is 355 g/mol. The van der Waals surface area contributed by atoms with Gasteiger partial charge in [-0.05, 0) is 49.9 Å². The van der Waals surface area contributed by atoms with Gasteiger partial charge in [-0.15, -0.1) is 22.6 Å². The Kier molecular flexibility index (Phi) is 6.18. The van der Waals surface area contributed by atoms with Gasteiger partial charge < -0.3 is 9.64 Å². The van der Waals surface area contributed by atoms with Gasteiger partial charge in [-0.25, -0.2) is 4.39 Å². The maximum absolute atomic E-state index is 13.1. The molecule has 132 valence electrons. The van der Waals surface area contributed by atoms with E-state index >= 15 is 0 Å². The predicted octanol–water partition coefficient (Wildman–Crippen LogP) is 3.82. The molecular formula is C17H24ClFN4O. The normalized spacial score (nSPS) is 20.5. The van der Waals surface area contributed by atoms with Gasteiger partial charge in [0.25, 0.3) is 0 Å². The van der Waals surface area contributed by atoms with Crippen molar-refractivity contribution in [3.05, 3.63) is 35.9 Å². The lowest BCUT2D eigenvalue weighted by molar-refractivity contribution is 0.0648. The summed E-state index contributed by atoms with van der Waals surface area (Å²) in [5.74, 6) is 1.97. The first-order valence-corrected chi connectivity index (χ1v) is 8.01. The highest BCUT2D eigenvalue weighted by Crippen LogP contribution is 2.34. The van der Waals surface area contributed by atoms with Crippen molar-refractivity contribution in [3.8, 4) is 0 Å². The summed E-state index contributed by atoms with van der Waals surface area (Å²) in [7, 11) is 5.69. The van der Waals surface area contributed by atoms with E-state index in [2.05, 4.69) is 10.2 Å². The molecule has 0 amide bonds. The zero-order valence-corrected chi connectivity index (χ0v) is 15.1. The van der Waals surface area contributed by atoms with Gasteiger partial charge in [-0.2, -0.15) is 0 Å². The molecule has 1 fully saturated rings. The lowest BCUT2D eigenvalue weighted by Gasteiger charge is -2.27. The maximum atomic E-state index is 13.1. The highest BCUT2D eigenvalue weighted by Gasteiger charge is 2.27. The molecule has 0 spiro atoms. The maximum Gasteiger partial charge on any atom is 0.231 e. The molecule has 0 aliphatic heterocycles. The quantitative estimate of drug-likeness (QED) is 0.837. The summed E-state index contributed by atoms with van der Waals surface area (Å²) in [6, 6.07) is 6.39. The molecule has 0 unspecified atom stereocenters. The van der Waals surface area contributed by atoms with Gasteiger partial charge in [0.1, 0.15) is 11.6 Å². The molecule has 24 heavy (non-hydrogen) atoms. The van der Waals surface area contributed by atoms with E-state index in [9.17, 15) is 4.39 Å². The number of rotatable bonds is 4. The Hall–Kier alpha value is -1.66. The minimum atomic E-state index is -0.240. The Morgan fingerprint density at radius 1 is 1.12 bits per heavy atom. The topological polar surface area (TPSA) is 43.2 Å².